The van der Waals surface area contributed by atoms with E-state index in [4.69, 9.17) is 34.4 Å². The van der Waals surface area contributed by atoms with Gasteiger partial charge in [0, 0.05) is 51.4 Å². The number of amides is 6. The fourth-order valence-corrected chi connectivity index (χ4v) is 8.42. The molecule has 0 spiro atoms. The number of primary amides is 1. The molecule has 2 aromatic carbocycles. The summed E-state index contributed by atoms with van der Waals surface area (Å²) in [6.45, 7) is 4.55. The van der Waals surface area contributed by atoms with Crippen LogP contribution < -0.4 is 41.0 Å². The second-order valence-electron chi connectivity index (χ2n) is 16.4. The number of rotatable bonds is 28. The summed E-state index contributed by atoms with van der Waals surface area (Å²) in [4.78, 5) is 102. The monoisotopic (exact) mass is 943 g/mol. The number of hydrogen-bond acceptors (Lipinski definition) is 16. The van der Waals surface area contributed by atoms with Crippen LogP contribution in [0.25, 0.3) is 0 Å². The first-order chi connectivity index (χ1) is 33.0. The summed E-state index contributed by atoms with van der Waals surface area (Å²) in [5.41, 5.74) is 7.05. The SMILES string of the molecule is CCC1C(=O)N(C)c2cnc(Nc3ccc(C(=O)NCCCOCCOCCOCCCNC(=O)COc4cccc5c4C(=O)N(C(CCC=O)C(N)=O)C5=O)cc3OC)nc2N1C1CCCC1. The molecule has 2 aliphatic heterocycles. The van der Waals surface area contributed by atoms with Gasteiger partial charge in [-0.1, -0.05) is 25.8 Å². The molecule has 2 atom stereocenters. The Balaban J connectivity index is 0.803. The molecule has 68 heavy (non-hydrogen) atoms. The van der Waals surface area contributed by atoms with Gasteiger partial charge >= 0.3 is 0 Å². The van der Waals surface area contributed by atoms with Gasteiger partial charge in [-0.25, -0.2) is 4.98 Å². The van der Waals surface area contributed by atoms with Gasteiger partial charge in [-0.15, -0.1) is 0 Å². The van der Waals surface area contributed by atoms with E-state index in [1.54, 1.807) is 36.3 Å². The number of methoxy groups -OCH3 is 1. The Labute approximate surface area is 394 Å². The van der Waals surface area contributed by atoms with Gasteiger partial charge in [0.05, 0.1) is 56.5 Å². The van der Waals surface area contributed by atoms with Crippen molar-refractivity contribution in [2.24, 2.45) is 5.73 Å². The molecule has 21 nitrogen and oxygen atoms in total. The van der Waals surface area contributed by atoms with Gasteiger partial charge in [0.2, 0.25) is 17.8 Å². The summed E-state index contributed by atoms with van der Waals surface area (Å²) in [5, 5.41) is 8.86. The van der Waals surface area contributed by atoms with E-state index in [1.165, 1.54) is 25.3 Å². The molecule has 0 radical (unpaired) electrons. The van der Waals surface area contributed by atoms with Gasteiger partial charge in [0.1, 0.15) is 35.6 Å². The summed E-state index contributed by atoms with van der Waals surface area (Å²) >= 11 is 0. The maximum atomic E-state index is 13.2. The summed E-state index contributed by atoms with van der Waals surface area (Å²) in [6.07, 6.45) is 8.16. The number of benzene rings is 2. The molecule has 1 aromatic heterocycles. The third kappa shape index (κ3) is 12.4. The van der Waals surface area contributed by atoms with Crippen LogP contribution in [0.5, 0.6) is 11.5 Å². The molecule has 3 aromatic rings. The van der Waals surface area contributed by atoms with Crippen molar-refractivity contribution in [1.29, 1.82) is 0 Å². The fraction of sp³-hybridized carbons (Fsp3) is 0.511. The summed E-state index contributed by atoms with van der Waals surface area (Å²) in [6, 6.07) is 8.12. The number of hydrogen-bond donors (Lipinski definition) is 4. The zero-order chi connectivity index (χ0) is 48.6. The van der Waals surface area contributed by atoms with Crippen LogP contribution in [0.3, 0.4) is 0 Å². The Morgan fingerprint density at radius 1 is 0.912 bits per heavy atom. The number of anilines is 4. The Kier molecular flexibility index (Phi) is 18.6. The van der Waals surface area contributed by atoms with E-state index in [1.807, 2.05) is 6.92 Å². The zero-order valence-electron chi connectivity index (χ0n) is 38.8. The van der Waals surface area contributed by atoms with E-state index in [0.717, 1.165) is 36.4 Å². The molecule has 1 fully saturated rings. The normalized spacial score (nSPS) is 16.1. The molecule has 21 heteroatoms. The van der Waals surface area contributed by atoms with E-state index >= 15 is 0 Å². The Morgan fingerprint density at radius 2 is 1.60 bits per heavy atom. The lowest BCUT2D eigenvalue weighted by atomic mass is 10.0. The molecule has 6 rings (SSSR count). The lowest BCUT2D eigenvalue weighted by molar-refractivity contribution is -0.123. The minimum absolute atomic E-state index is 0.00847. The Hall–Kier alpha value is -6.71. The predicted molar refractivity (Wildman–Crippen MR) is 248 cm³/mol. The molecule has 1 aliphatic carbocycles. The number of carbonyl (C=O) groups is 7. The van der Waals surface area contributed by atoms with E-state index < -0.39 is 36.3 Å². The van der Waals surface area contributed by atoms with Crippen molar-refractivity contribution in [2.45, 2.75) is 82.8 Å². The molecule has 2 unspecified atom stereocenters. The summed E-state index contributed by atoms with van der Waals surface area (Å²) in [5.74, 6) is -1.54. The standard InChI is InChI=1S/C47H61N9O12/c1-4-34-45(62)54(2)36-28-51-47(53-42(36)55(34)31-11-5-6-12-31)52-33-17-16-30(27-38(33)64-3)43(60)50-19-10-22-66-24-26-67-25-23-65-21-9-18-49-39(58)29-68-37-15-7-13-32-40(37)46(63)56(44(32)61)35(41(48)59)14-8-20-57/h7,13,15-17,20,27-28,31,34-35H,4-6,8-12,14,18-19,21-26,29H2,1-3H3,(H2,48,59)(H,49,58)(H,50,60)(H,51,52,53). The fourth-order valence-electron chi connectivity index (χ4n) is 8.42. The molecular weight excluding hydrogens is 883 g/mol. The minimum Gasteiger partial charge on any atom is -0.495 e. The number of nitrogens with one attached hydrogen (secondary N) is 3. The first-order valence-corrected chi connectivity index (χ1v) is 23.0. The molecule has 5 N–H and O–H groups in total. The van der Waals surface area contributed by atoms with Gasteiger partial charge in [0.25, 0.3) is 23.6 Å². The number of likely N-dealkylation sites (N-methyl/N-ethyl adjacent to an activating group) is 1. The van der Waals surface area contributed by atoms with Crippen LogP contribution in [0.15, 0.2) is 42.6 Å². The highest BCUT2D eigenvalue weighted by Crippen LogP contribution is 2.40. The van der Waals surface area contributed by atoms with Gasteiger partial charge in [-0.2, -0.15) is 4.98 Å². The number of carbonyl (C=O) groups excluding carboxylic acids is 7. The van der Waals surface area contributed by atoms with Crippen molar-refractivity contribution in [3.05, 3.63) is 59.3 Å². The minimum atomic E-state index is -1.29. The van der Waals surface area contributed by atoms with E-state index in [0.29, 0.717) is 107 Å². The Morgan fingerprint density at radius 3 is 2.26 bits per heavy atom. The third-order valence-corrected chi connectivity index (χ3v) is 11.9. The van der Waals surface area contributed by atoms with Crippen LogP contribution in [-0.4, -0.2) is 148 Å². The zero-order valence-corrected chi connectivity index (χ0v) is 38.8. The molecule has 366 valence electrons. The average Bonchev–Trinajstić information content (AvgIpc) is 3.96. The highest BCUT2D eigenvalue weighted by molar-refractivity contribution is 6.24. The summed E-state index contributed by atoms with van der Waals surface area (Å²) < 4.78 is 27.9. The van der Waals surface area contributed by atoms with Crippen molar-refractivity contribution in [1.82, 2.24) is 25.5 Å². The lowest BCUT2D eigenvalue weighted by Crippen LogP contribution is -2.55. The van der Waals surface area contributed by atoms with Crippen LogP contribution in [0.4, 0.5) is 23.1 Å². The second-order valence-corrected chi connectivity index (χ2v) is 16.4. The van der Waals surface area contributed by atoms with Crippen LogP contribution >= 0.6 is 0 Å². The number of aromatic nitrogens is 2. The average molecular weight is 944 g/mol. The molecule has 6 amide bonds. The van der Waals surface area contributed by atoms with Crippen molar-refractivity contribution >= 4 is 64.9 Å². The van der Waals surface area contributed by atoms with Crippen LogP contribution in [0.2, 0.25) is 0 Å². The van der Waals surface area contributed by atoms with Crippen LogP contribution in [0.1, 0.15) is 95.8 Å². The van der Waals surface area contributed by atoms with E-state index in [-0.39, 0.29) is 53.6 Å². The van der Waals surface area contributed by atoms with Gasteiger partial charge < -0.3 is 60.0 Å². The van der Waals surface area contributed by atoms with Crippen LogP contribution in [0, 0.1) is 0 Å². The van der Waals surface area contributed by atoms with E-state index in [9.17, 15) is 33.6 Å². The smallest absolute Gasteiger partial charge is 0.266 e. The predicted octanol–water partition coefficient (Wildman–Crippen LogP) is 2.92. The third-order valence-electron chi connectivity index (χ3n) is 11.9. The molecule has 0 saturated heterocycles. The van der Waals surface area contributed by atoms with Crippen molar-refractivity contribution in [3.8, 4) is 11.5 Å². The quantitative estimate of drug-likeness (QED) is 0.0463. The highest BCUT2D eigenvalue weighted by atomic mass is 16.5. The first-order valence-electron chi connectivity index (χ1n) is 23.0. The van der Waals surface area contributed by atoms with Gasteiger partial charge in [-0.3, -0.25) is 33.7 Å². The van der Waals surface area contributed by atoms with Crippen molar-refractivity contribution < 1.29 is 57.2 Å². The largest absolute Gasteiger partial charge is 0.495 e. The molecular formula is C47H61N9O12. The van der Waals surface area contributed by atoms with E-state index in [2.05, 4.69) is 25.8 Å². The molecule has 3 heterocycles. The van der Waals surface area contributed by atoms with Crippen LogP contribution in [-0.2, 0) is 33.4 Å². The topological polar surface area (TPSA) is 263 Å². The maximum Gasteiger partial charge on any atom is 0.266 e. The van der Waals surface area contributed by atoms with Crippen molar-refractivity contribution in [2.75, 3.05) is 88.6 Å². The summed E-state index contributed by atoms with van der Waals surface area (Å²) in [7, 11) is 3.30. The number of nitrogens with two attached hydrogens (primary N) is 1. The molecule has 1 saturated carbocycles. The number of nitrogens with zero attached hydrogens (tertiary/aromatic N) is 5. The first kappa shape index (κ1) is 50.7. The number of imide groups is 1. The highest BCUT2D eigenvalue weighted by Gasteiger charge is 2.44. The van der Waals surface area contributed by atoms with Crippen molar-refractivity contribution in [3.63, 3.8) is 0 Å². The maximum absolute atomic E-state index is 13.2. The Bertz CT molecular complexity index is 2290. The number of ether oxygens (including phenoxy) is 5. The van der Waals surface area contributed by atoms with Gasteiger partial charge in [0.15, 0.2) is 12.4 Å². The molecule has 0 bridgehead atoms. The molecule has 3 aliphatic rings. The van der Waals surface area contributed by atoms with Gasteiger partial charge in [-0.05, 0) is 68.9 Å². The second kappa shape index (κ2) is 24.9. The lowest BCUT2D eigenvalue weighted by Gasteiger charge is -2.43. The number of aldehydes is 1. The number of fused-ring (bicyclic) bond motifs is 2.